The molecule has 2 amide bonds. The zero-order chi connectivity index (χ0) is 24.1. The summed E-state index contributed by atoms with van der Waals surface area (Å²) in [4.78, 5) is 30.4. The highest BCUT2D eigenvalue weighted by molar-refractivity contribution is 5.85. The van der Waals surface area contributed by atoms with Gasteiger partial charge in [-0.1, -0.05) is 42.5 Å². The van der Waals surface area contributed by atoms with Gasteiger partial charge in [0.25, 0.3) is 0 Å². The summed E-state index contributed by atoms with van der Waals surface area (Å²) in [5.74, 6) is 0.723. The zero-order valence-corrected chi connectivity index (χ0v) is 20.2. The minimum Gasteiger partial charge on any atom is -0.497 e. The standard InChI is InChI=1S/C28H33N3O3/c1-21(2)31(26(32)15-14-22-9-5-4-6-10-22)20-27(33)30-18-17-29-16-8-13-25(29)28(30)23-11-7-12-24(19-23)34-3/h4-13,16,19,21,28H,14-15,17-18,20H2,1-3H3. The van der Waals surface area contributed by atoms with E-state index in [1.54, 1.807) is 12.0 Å². The average Bonchev–Trinajstić information content (AvgIpc) is 3.34. The lowest BCUT2D eigenvalue weighted by atomic mass is 9.99. The van der Waals surface area contributed by atoms with E-state index < -0.39 is 0 Å². The molecule has 0 aliphatic carbocycles. The molecular formula is C28H33N3O3. The Labute approximate surface area is 201 Å². The van der Waals surface area contributed by atoms with E-state index >= 15 is 0 Å². The van der Waals surface area contributed by atoms with Gasteiger partial charge >= 0.3 is 0 Å². The van der Waals surface area contributed by atoms with Crippen LogP contribution < -0.4 is 4.74 Å². The fraction of sp³-hybridized carbons (Fsp3) is 0.357. The van der Waals surface area contributed by atoms with Crippen molar-refractivity contribution in [2.75, 3.05) is 20.2 Å². The number of rotatable bonds is 8. The highest BCUT2D eigenvalue weighted by atomic mass is 16.5. The van der Waals surface area contributed by atoms with Gasteiger partial charge in [-0.3, -0.25) is 9.59 Å². The number of methoxy groups -OCH3 is 1. The molecule has 0 spiro atoms. The van der Waals surface area contributed by atoms with Crippen LogP contribution in [0.25, 0.3) is 0 Å². The number of hydrogen-bond donors (Lipinski definition) is 0. The fourth-order valence-electron chi connectivity index (χ4n) is 4.65. The largest absolute Gasteiger partial charge is 0.497 e. The lowest BCUT2D eigenvalue weighted by molar-refractivity contribution is -0.143. The molecule has 6 nitrogen and oxygen atoms in total. The van der Waals surface area contributed by atoms with Crippen molar-refractivity contribution < 1.29 is 14.3 Å². The van der Waals surface area contributed by atoms with E-state index in [0.717, 1.165) is 29.1 Å². The predicted octanol–water partition coefficient (Wildman–Crippen LogP) is 4.30. The van der Waals surface area contributed by atoms with E-state index in [9.17, 15) is 9.59 Å². The highest BCUT2D eigenvalue weighted by Gasteiger charge is 2.34. The van der Waals surface area contributed by atoms with Crippen LogP contribution >= 0.6 is 0 Å². The van der Waals surface area contributed by atoms with E-state index in [4.69, 9.17) is 4.74 Å². The van der Waals surface area contributed by atoms with Gasteiger partial charge in [0.05, 0.1) is 13.2 Å². The summed E-state index contributed by atoms with van der Waals surface area (Å²) < 4.78 is 7.63. The third-order valence-electron chi connectivity index (χ3n) is 6.49. The Bertz CT molecular complexity index is 1120. The molecule has 0 saturated carbocycles. The van der Waals surface area contributed by atoms with Gasteiger partial charge in [0.2, 0.25) is 11.8 Å². The average molecular weight is 460 g/mol. The quantitative estimate of drug-likeness (QED) is 0.505. The number of nitrogens with zero attached hydrogens (tertiary/aromatic N) is 3. The Kier molecular flexibility index (Phi) is 7.36. The second-order valence-corrected chi connectivity index (χ2v) is 8.99. The maximum absolute atomic E-state index is 13.7. The monoisotopic (exact) mass is 459 g/mol. The summed E-state index contributed by atoms with van der Waals surface area (Å²) in [6, 6.07) is 21.7. The number of carbonyl (C=O) groups excluding carboxylic acids is 2. The number of fused-ring (bicyclic) bond motifs is 1. The molecule has 1 atom stereocenters. The third-order valence-corrected chi connectivity index (χ3v) is 6.49. The maximum Gasteiger partial charge on any atom is 0.243 e. The Morgan fingerprint density at radius 1 is 1.03 bits per heavy atom. The van der Waals surface area contributed by atoms with Crippen molar-refractivity contribution >= 4 is 11.8 Å². The van der Waals surface area contributed by atoms with Gasteiger partial charge in [0, 0.05) is 37.4 Å². The molecule has 0 saturated heterocycles. The van der Waals surface area contributed by atoms with Crippen molar-refractivity contribution in [3.63, 3.8) is 0 Å². The fourth-order valence-corrected chi connectivity index (χ4v) is 4.65. The molecular weight excluding hydrogens is 426 g/mol. The third kappa shape index (κ3) is 5.16. The van der Waals surface area contributed by atoms with E-state index in [2.05, 4.69) is 16.8 Å². The Morgan fingerprint density at radius 2 is 1.82 bits per heavy atom. The van der Waals surface area contributed by atoms with Crippen LogP contribution in [-0.4, -0.2) is 52.4 Å². The van der Waals surface area contributed by atoms with E-state index in [0.29, 0.717) is 19.4 Å². The van der Waals surface area contributed by atoms with Crippen LogP contribution in [0.4, 0.5) is 0 Å². The summed E-state index contributed by atoms with van der Waals surface area (Å²) >= 11 is 0. The molecule has 4 rings (SSSR count). The number of benzene rings is 2. The highest BCUT2D eigenvalue weighted by Crippen LogP contribution is 2.34. The summed E-state index contributed by atoms with van der Waals surface area (Å²) in [6.45, 7) is 5.33. The van der Waals surface area contributed by atoms with Crippen LogP contribution in [0.15, 0.2) is 72.9 Å². The summed E-state index contributed by atoms with van der Waals surface area (Å²) in [5, 5.41) is 0. The Hall–Kier alpha value is -3.54. The van der Waals surface area contributed by atoms with Crippen LogP contribution in [0.1, 0.15) is 43.1 Å². The van der Waals surface area contributed by atoms with Crippen LogP contribution in [0.3, 0.4) is 0 Å². The molecule has 2 aromatic carbocycles. The van der Waals surface area contributed by atoms with Crippen molar-refractivity contribution in [1.82, 2.24) is 14.4 Å². The normalized spacial score (nSPS) is 15.2. The van der Waals surface area contributed by atoms with Gasteiger partial charge in [-0.2, -0.15) is 0 Å². The van der Waals surface area contributed by atoms with Crippen molar-refractivity contribution in [2.45, 2.75) is 45.3 Å². The van der Waals surface area contributed by atoms with Gasteiger partial charge in [0.1, 0.15) is 12.3 Å². The molecule has 1 unspecified atom stereocenters. The van der Waals surface area contributed by atoms with Crippen LogP contribution in [0.5, 0.6) is 5.75 Å². The number of aryl methyl sites for hydroxylation is 1. The predicted molar refractivity (Wildman–Crippen MR) is 133 cm³/mol. The van der Waals surface area contributed by atoms with Crippen LogP contribution in [-0.2, 0) is 22.6 Å². The number of carbonyl (C=O) groups is 2. The van der Waals surface area contributed by atoms with Crippen molar-refractivity contribution in [3.8, 4) is 5.75 Å². The van der Waals surface area contributed by atoms with Crippen LogP contribution in [0, 0.1) is 0 Å². The van der Waals surface area contributed by atoms with Crippen molar-refractivity contribution in [1.29, 1.82) is 0 Å². The maximum atomic E-state index is 13.7. The summed E-state index contributed by atoms with van der Waals surface area (Å²) in [5.41, 5.74) is 3.19. The molecule has 0 N–H and O–H groups in total. The van der Waals surface area contributed by atoms with Gasteiger partial charge in [-0.05, 0) is 55.7 Å². The first-order valence-corrected chi connectivity index (χ1v) is 11.9. The number of amides is 2. The van der Waals surface area contributed by atoms with Gasteiger partial charge in [0.15, 0.2) is 0 Å². The lowest BCUT2D eigenvalue weighted by Crippen LogP contribution is -2.49. The van der Waals surface area contributed by atoms with Crippen LogP contribution in [0.2, 0.25) is 0 Å². The van der Waals surface area contributed by atoms with Gasteiger partial charge in [-0.25, -0.2) is 0 Å². The van der Waals surface area contributed by atoms with Gasteiger partial charge in [-0.15, -0.1) is 0 Å². The van der Waals surface area contributed by atoms with E-state index in [1.165, 1.54) is 0 Å². The molecule has 34 heavy (non-hydrogen) atoms. The number of aromatic nitrogens is 1. The molecule has 1 aromatic heterocycles. The van der Waals surface area contributed by atoms with Crippen molar-refractivity contribution in [3.05, 3.63) is 89.7 Å². The SMILES string of the molecule is COc1cccc(C2c3cccn3CCN2C(=O)CN(C(=O)CCc2ccccc2)C(C)C)c1. The lowest BCUT2D eigenvalue weighted by Gasteiger charge is -2.39. The number of hydrogen-bond acceptors (Lipinski definition) is 3. The van der Waals surface area contributed by atoms with E-state index in [-0.39, 0.29) is 30.4 Å². The minimum atomic E-state index is -0.222. The first-order chi connectivity index (χ1) is 16.5. The number of ether oxygens (including phenoxy) is 1. The van der Waals surface area contributed by atoms with Gasteiger partial charge < -0.3 is 19.1 Å². The Balaban J connectivity index is 1.53. The minimum absolute atomic E-state index is 0.00511. The first kappa shape index (κ1) is 23.6. The molecule has 1 aliphatic heterocycles. The molecule has 0 radical (unpaired) electrons. The van der Waals surface area contributed by atoms with E-state index in [1.807, 2.05) is 79.4 Å². The molecule has 1 aliphatic rings. The second kappa shape index (κ2) is 10.6. The molecule has 0 fully saturated rings. The topological polar surface area (TPSA) is 54.8 Å². The molecule has 6 heteroatoms. The van der Waals surface area contributed by atoms with Crippen molar-refractivity contribution in [2.24, 2.45) is 0 Å². The Morgan fingerprint density at radius 3 is 2.56 bits per heavy atom. The first-order valence-electron chi connectivity index (χ1n) is 11.9. The molecule has 3 aromatic rings. The molecule has 178 valence electrons. The smallest absolute Gasteiger partial charge is 0.243 e. The molecule has 2 heterocycles. The zero-order valence-electron chi connectivity index (χ0n) is 20.2. The summed E-state index contributed by atoms with van der Waals surface area (Å²) in [7, 11) is 1.65. The molecule has 0 bridgehead atoms. The second-order valence-electron chi connectivity index (χ2n) is 8.99. The summed E-state index contributed by atoms with van der Waals surface area (Å²) in [6.07, 6.45) is 3.11.